The maximum absolute atomic E-state index is 12.7. The van der Waals surface area contributed by atoms with Gasteiger partial charge in [0.1, 0.15) is 17.1 Å². The Morgan fingerprint density at radius 2 is 1.65 bits per heavy atom. The number of hydrogen-bond acceptors (Lipinski definition) is 8. The zero-order valence-corrected chi connectivity index (χ0v) is 17.3. The Labute approximate surface area is 182 Å². The zero-order chi connectivity index (χ0) is 21.6. The van der Waals surface area contributed by atoms with Crippen LogP contribution < -0.4 is 14.9 Å². The normalized spacial score (nSPS) is 10.9. The zero-order valence-electron chi connectivity index (χ0n) is 16.4. The van der Waals surface area contributed by atoms with Gasteiger partial charge in [-0.3, -0.25) is 10.2 Å². The smallest absolute Gasteiger partial charge is 0.347 e. The lowest BCUT2D eigenvalue weighted by molar-refractivity contribution is -0.131. The van der Waals surface area contributed by atoms with Crippen molar-refractivity contribution in [1.82, 2.24) is 4.98 Å². The number of esters is 2. The molecule has 0 bridgehead atoms. The van der Waals surface area contributed by atoms with Gasteiger partial charge in [0.2, 0.25) is 5.13 Å². The van der Waals surface area contributed by atoms with E-state index in [-0.39, 0.29) is 11.3 Å². The van der Waals surface area contributed by atoms with Crippen LogP contribution in [0.15, 0.2) is 77.9 Å². The molecule has 1 heterocycles. The van der Waals surface area contributed by atoms with Gasteiger partial charge in [0.15, 0.2) is 0 Å². The molecule has 0 saturated carbocycles. The van der Waals surface area contributed by atoms with Crippen LogP contribution in [-0.4, -0.2) is 23.1 Å². The Morgan fingerprint density at radius 3 is 2.45 bits per heavy atom. The number of rotatable bonds is 6. The molecule has 0 amide bonds. The molecule has 4 rings (SSSR count). The number of para-hydroxylation sites is 3. The molecular formula is C23H17N3O4S. The second-order valence-electron chi connectivity index (χ2n) is 6.37. The van der Waals surface area contributed by atoms with Crippen LogP contribution in [0.25, 0.3) is 10.2 Å². The average Bonchev–Trinajstić information content (AvgIpc) is 3.18. The van der Waals surface area contributed by atoms with Gasteiger partial charge in [-0.1, -0.05) is 47.7 Å². The highest BCUT2D eigenvalue weighted by Gasteiger charge is 2.17. The first-order valence-electron chi connectivity index (χ1n) is 9.33. The molecule has 3 aromatic carbocycles. The molecule has 4 aromatic rings. The van der Waals surface area contributed by atoms with Crippen LogP contribution in [0.2, 0.25) is 0 Å². The second kappa shape index (κ2) is 9.19. The number of aromatic nitrogens is 1. The Hall–Kier alpha value is -4.04. The highest BCUT2D eigenvalue weighted by Crippen LogP contribution is 2.26. The van der Waals surface area contributed by atoms with E-state index >= 15 is 0 Å². The van der Waals surface area contributed by atoms with Gasteiger partial charge in [0.25, 0.3) is 0 Å². The maximum atomic E-state index is 12.7. The monoisotopic (exact) mass is 431 g/mol. The molecule has 0 aliphatic carbocycles. The van der Waals surface area contributed by atoms with E-state index in [0.29, 0.717) is 16.4 Å². The molecule has 0 radical (unpaired) electrons. The van der Waals surface area contributed by atoms with Crippen LogP contribution in [-0.2, 0) is 4.79 Å². The molecule has 0 fully saturated rings. The Bertz CT molecular complexity index is 1250. The standard InChI is InChI=1S/C23H17N3O4S/c1-15(27)29-20-12-6-3-9-17(20)22(28)30-19-11-5-2-8-16(19)14-24-26-23-25-18-10-4-7-13-21(18)31-23/h2-14H,1H3,(H,25,26)/b24-14-. The van der Waals surface area contributed by atoms with Crippen molar-refractivity contribution in [3.05, 3.63) is 83.9 Å². The number of benzene rings is 3. The molecule has 8 heteroatoms. The van der Waals surface area contributed by atoms with E-state index in [9.17, 15) is 9.59 Å². The van der Waals surface area contributed by atoms with Gasteiger partial charge in [-0.05, 0) is 36.4 Å². The first kappa shape index (κ1) is 20.2. The third-order valence-electron chi connectivity index (χ3n) is 4.14. The second-order valence-corrected chi connectivity index (χ2v) is 7.40. The van der Waals surface area contributed by atoms with E-state index in [0.717, 1.165) is 10.2 Å². The summed E-state index contributed by atoms with van der Waals surface area (Å²) < 4.78 is 11.7. The molecule has 0 atom stereocenters. The number of fused-ring (bicyclic) bond motifs is 1. The number of nitrogens with zero attached hydrogens (tertiary/aromatic N) is 2. The largest absolute Gasteiger partial charge is 0.426 e. The summed E-state index contributed by atoms with van der Waals surface area (Å²) in [5.41, 5.74) is 4.54. The van der Waals surface area contributed by atoms with Crippen LogP contribution in [0.4, 0.5) is 5.13 Å². The minimum absolute atomic E-state index is 0.142. The summed E-state index contributed by atoms with van der Waals surface area (Å²) in [6.07, 6.45) is 1.55. The van der Waals surface area contributed by atoms with Gasteiger partial charge < -0.3 is 9.47 Å². The summed E-state index contributed by atoms with van der Waals surface area (Å²) in [4.78, 5) is 28.4. The highest BCUT2D eigenvalue weighted by atomic mass is 32.1. The molecule has 154 valence electrons. The van der Waals surface area contributed by atoms with Crippen LogP contribution in [0, 0.1) is 0 Å². The number of nitrogens with one attached hydrogen (secondary N) is 1. The quantitative estimate of drug-likeness (QED) is 0.202. The van der Waals surface area contributed by atoms with E-state index in [2.05, 4.69) is 15.5 Å². The average molecular weight is 431 g/mol. The SMILES string of the molecule is CC(=O)Oc1ccccc1C(=O)Oc1ccccc1/C=N\Nc1nc2ccccc2s1. The van der Waals surface area contributed by atoms with Crippen molar-refractivity contribution in [2.75, 3.05) is 5.43 Å². The fourth-order valence-corrected chi connectivity index (χ4v) is 3.61. The number of ether oxygens (including phenoxy) is 2. The lowest BCUT2D eigenvalue weighted by Gasteiger charge is -2.10. The van der Waals surface area contributed by atoms with Gasteiger partial charge in [-0.15, -0.1) is 0 Å². The predicted molar refractivity (Wildman–Crippen MR) is 120 cm³/mol. The maximum Gasteiger partial charge on any atom is 0.347 e. The van der Waals surface area contributed by atoms with Gasteiger partial charge in [-0.25, -0.2) is 9.78 Å². The summed E-state index contributed by atoms with van der Waals surface area (Å²) in [6, 6.07) is 21.2. The summed E-state index contributed by atoms with van der Waals surface area (Å²) in [6.45, 7) is 1.27. The Kier molecular flexibility index (Phi) is 6.00. The van der Waals surface area contributed by atoms with Crippen LogP contribution in [0.3, 0.4) is 0 Å². The summed E-state index contributed by atoms with van der Waals surface area (Å²) in [5, 5.41) is 4.87. The van der Waals surface area contributed by atoms with E-state index in [4.69, 9.17) is 9.47 Å². The van der Waals surface area contributed by atoms with Crippen LogP contribution in [0.5, 0.6) is 11.5 Å². The molecule has 0 aliphatic rings. The van der Waals surface area contributed by atoms with E-state index in [1.54, 1.807) is 36.5 Å². The fraction of sp³-hybridized carbons (Fsp3) is 0.0435. The first-order valence-corrected chi connectivity index (χ1v) is 10.1. The third kappa shape index (κ3) is 4.93. The van der Waals surface area contributed by atoms with Gasteiger partial charge in [0.05, 0.1) is 16.4 Å². The van der Waals surface area contributed by atoms with Gasteiger partial charge in [0, 0.05) is 12.5 Å². The van der Waals surface area contributed by atoms with Crippen molar-refractivity contribution in [1.29, 1.82) is 0 Å². The van der Waals surface area contributed by atoms with Crippen molar-refractivity contribution < 1.29 is 19.1 Å². The van der Waals surface area contributed by atoms with Crippen LogP contribution >= 0.6 is 11.3 Å². The van der Waals surface area contributed by atoms with E-state index in [1.165, 1.54) is 30.4 Å². The Morgan fingerprint density at radius 1 is 0.935 bits per heavy atom. The summed E-state index contributed by atoms with van der Waals surface area (Å²) >= 11 is 1.49. The van der Waals surface area contributed by atoms with Crippen LogP contribution in [0.1, 0.15) is 22.8 Å². The third-order valence-corrected chi connectivity index (χ3v) is 5.08. The van der Waals surface area contributed by atoms with Crippen molar-refractivity contribution in [3.8, 4) is 11.5 Å². The Balaban J connectivity index is 1.50. The van der Waals surface area contributed by atoms with Crippen molar-refractivity contribution in [3.63, 3.8) is 0 Å². The van der Waals surface area contributed by atoms with Gasteiger partial charge >= 0.3 is 11.9 Å². The number of carbonyl (C=O) groups excluding carboxylic acids is 2. The number of thiazole rings is 1. The number of anilines is 1. The fourth-order valence-electron chi connectivity index (χ4n) is 2.79. The highest BCUT2D eigenvalue weighted by molar-refractivity contribution is 7.22. The molecule has 0 aliphatic heterocycles. The molecule has 0 saturated heterocycles. The molecule has 31 heavy (non-hydrogen) atoms. The number of hydrazone groups is 1. The minimum Gasteiger partial charge on any atom is -0.426 e. The van der Waals surface area contributed by atoms with Crippen molar-refractivity contribution in [2.24, 2.45) is 5.10 Å². The number of hydrogen-bond donors (Lipinski definition) is 1. The molecule has 7 nitrogen and oxygen atoms in total. The molecular weight excluding hydrogens is 414 g/mol. The van der Waals surface area contributed by atoms with Crippen molar-refractivity contribution in [2.45, 2.75) is 6.92 Å². The topological polar surface area (TPSA) is 89.9 Å². The van der Waals surface area contributed by atoms with E-state index in [1.807, 2.05) is 30.3 Å². The molecule has 0 unspecified atom stereocenters. The number of carbonyl (C=O) groups is 2. The molecule has 1 aromatic heterocycles. The first-order chi connectivity index (χ1) is 15.1. The molecule has 0 spiro atoms. The lowest BCUT2D eigenvalue weighted by atomic mass is 10.2. The summed E-state index contributed by atoms with van der Waals surface area (Å²) in [7, 11) is 0. The van der Waals surface area contributed by atoms with Crippen molar-refractivity contribution >= 4 is 44.8 Å². The minimum atomic E-state index is -0.642. The summed E-state index contributed by atoms with van der Waals surface area (Å²) in [5.74, 6) is -0.700. The van der Waals surface area contributed by atoms with E-state index < -0.39 is 11.9 Å². The predicted octanol–water partition coefficient (Wildman–Crippen LogP) is 4.89. The molecule has 1 N–H and O–H groups in total. The van der Waals surface area contributed by atoms with Gasteiger partial charge in [-0.2, -0.15) is 5.10 Å². The lowest BCUT2D eigenvalue weighted by Crippen LogP contribution is -2.13.